The van der Waals surface area contributed by atoms with E-state index in [1.807, 2.05) is 13.0 Å². The van der Waals surface area contributed by atoms with Gasteiger partial charge in [0.2, 0.25) is 0 Å². The molecule has 0 fully saturated rings. The van der Waals surface area contributed by atoms with Crippen LogP contribution < -0.4 is 0 Å². The molecule has 0 radical (unpaired) electrons. The molecule has 0 aliphatic carbocycles. The molecule has 8 heteroatoms. The molecular weight excluding hydrogens is 241 g/mol. The van der Waals surface area contributed by atoms with Gasteiger partial charge >= 0.3 is 13.2 Å². The molecule has 0 saturated carbocycles. The van der Waals surface area contributed by atoms with Crippen molar-refractivity contribution in [3.8, 4) is 0 Å². The van der Waals surface area contributed by atoms with Gasteiger partial charge in [-0.15, -0.1) is 0 Å². The molecule has 0 spiro atoms. The Morgan fingerprint density at radius 1 is 1.41 bits per heavy atom. The van der Waals surface area contributed by atoms with Crippen LogP contribution in [0.25, 0.3) is 0 Å². The highest BCUT2D eigenvalue weighted by Gasteiger charge is 2.20. The molecule has 17 heavy (non-hydrogen) atoms. The fourth-order valence-electron chi connectivity index (χ4n) is 0.923. The summed E-state index contributed by atoms with van der Waals surface area (Å²) < 4.78 is 39.0. The average molecular weight is 252 g/mol. The summed E-state index contributed by atoms with van der Waals surface area (Å²) in [5.41, 5.74) is 1.65. The lowest BCUT2D eigenvalue weighted by atomic mass is 10.1. The van der Waals surface area contributed by atoms with E-state index in [2.05, 4.69) is 4.98 Å². The normalized spacial score (nSPS) is 12.4. The summed E-state index contributed by atoms with van der Waals surface area (Å²) in [5.74, 6) is -1.36. The number of pyridine rings is 1. The largest absolute Gasteiger partial charge is 0.673 e. The van der Waals surface area contributed by atoms with Gasteiger partial charge in [-0.1, -0.05) is 0 Å². The third-order valence-electron chi connectivity index (χ3n) is 1.75. The van der Waals surface area contributed by atoms with Crippen LogP contribution >= 0.6 is 0 Å². The van der Waals surface area contributed by atoms with Gasteiger partial charge in [-0.3, -0.25) is 9.78 Å². The molecule has 1 N–H and O–H groups in total. The van der Waals surface area contributed by atoms with Gasteiger partial charge in [0.15, 0.2) is 0 Å². The number of aryl methyl sites for hydroxylation is 1. The van der Waals surface area contributed by atoms with Crippen molar-refractivity contribution < 1.29 is 27.2 Å². The Labute approximate surface area is 95.6 Å². The first-order chi connectivity index (χ1) is 7.61. The third kappa shape index (κ3) is 8.24. The minimum atomic E-state index is -6.00. The monoisotopic (exact) mass is 252 g/mol. The predicted octanol–water partition coefficient (Wildman–Crippen LogP) is 2.88. The standard InChI is InChI=1S/C9H11NO2.BF4/c1-6-3-4-10-8(5-6)7(2)9(11)12;2-1(3,4)5/h3-5,7H,1-2H3,(H,11,12);/q;-1. The number of rotatable bonds is 2. The second-order valence-corrected chi connectivity index (χ2v) is 3.31. The Kier molecular flexibility index (Phi) is 5.63. The van der Waals surface area contributed by atoms with Crippen molar-refractivity contribution in [2.24, 2.45) is 0 Å². The minimum absolute atomic E-state index is 0.523. The first-order valence-corrected chi connectivity index (χ1v) is 4.64. The fraction of sp³-hybridized carbons (Fsp3) is 0.333. The number of aromatic nitrogens is 1. The Hall–Kier alpha value is -1.60. The van der Waals surface area contributed by atoms with Gasteiger partial charge in [0, 0.05) is 6.20 Å². The Balaban J connectivity index is 0.000000437. The molecule has 1 heterocycles. The van der Waals surface area contributed by atoms with Gasteiger partial charge in [0.25, 0.3) is 0 Å². The van der Waals surface area contributed by atoms with Crippen LogP contribution in [0.5, 0.6) is 0 Å². The number of hydrogen-bond donors (Lipinski definition) is 1. The van der Waals surface area contributed by atoms with Crippen LogP contribution in [0.15, 0.2) is 18.3 Å². The van der Waals surface area contributed by atoms with Crippen molar-refractivity contribution in [2.75, 3.05) is 0 Å². The lowest BCUT2D eigenvalue weighted by Crippen LogP contribution is -2.09. The van der Waals surface area contributed by atoms with Gasteiger partial charge < -0.3 is 22.4 Å². The summed E-state index contributed by atoms with van der Waals surface area (Å²) in [6.45, 7) is 3.55. The molecule has 96 valence electrons. The van der Waals surface area contributed by atoms with Crippen LogP contribution in [0.1, 0.15) is 24.1 Å². The van der Waals surface area contributed by atoms with E-state index in [1.54, 1.807) is 19.2 Å². The van der Waals surface area contributed by atoms with Crippen LogP contribution in [0, 0.1) is 6.92 Å². The highest BCUT2D eigenvalue weighted by molar-refractivity contribution is 6.50. The molecule has 1 atom stereocenters. The molecule has 1 aromatic rings. The molecule has 0 aliphatic heterocycles. The van der Waals surface area contributed by atoms with Crippen molar-refractivity contribution >= 4 is 13.2 Å². The zero-order chi connectivity index (χ0) is 13.6. The van der Waals surface area contributed by atoms with Crippen molar-refractivity contribution in [3.05, 3.63) is 29.6 Å². The van der Waals surface area contributed by atoms with E-state index in [4.69, 9.17) is 5.11 Å². The number of halogens is 4. The van der Waals surface area contributed by atoms with Gasteiger partial charge in [-0.2, -0.15) is 0 Å². The van der Waals surface area contributed by atoms with Gasteiger partial charge in [-0.05, 0) is 31.5 Å². The molecule has 0 saturated heterocycles. The Morgan fingerprint density at radius 2 is 1.88 bits per heavy atom. The first kappa shape index (κ1) is 15.4. The highest BCUT2D eigenvalue weighted by atomic mass is 19.5. The zero-order valence-corrected chi connectivity index (χ0v) is 9.20. The summed E-state index contributed by atoms with van der Waals surface area (Å²) >= 11 is 0. The SMILES string of the molecule is Cc1ccnc(C(C)C(=O)O)c1.F[B-](F)(F)F. The third-order valence-corrected chi connectivity index (χ3v) is 1.75. The fourth-order valence-corrected chi connectivity index (χ4v) is 0.923. The maximum absolute atomic E-state index is 10.6. The van der Waals surface area contributed by atoms with Crippen LogP contribution in [0.3, 0.4) is 0 Å². The van der Waals surface area contributed by atoms with Crippen LogP contribution in [0.4, 0.5) is 17.3 Å². The second kappa shape index (κ2) is 6.22. The van der Waals surface area contributed by atoms with E-state index in [9.17, 15) is 22.1 Å². The number of carbonyl (C=O) groups is 1. The number of hydrogen-bond acceptors (Lipinski definition) is 2. The van der Waals surface area contributed by atoms with Gasteiger partial charge in [0.1, 0.15) is 0 Å². The van der Waals surface area contributed by atoms with Crippen LogP contribution in [-0.2, 0) is 4.79 Å². The highest BCUT2D eigenvalue weighted by Crippen LogP contribution is 2.12. The Morgan fingerprint density at radius 3 is 2.24 bits per heavy atom. The molecule has 0 aromatic carbocycles. The van der Waals surface area contributed by atoms with Crippen molar-refractivity contribution in [1.82, 2.24) is 4.98 Å². The number of carboxylic acids is 1. The Bertz CT molecular complexity index is 378. The van der Waals surface area contributed by atoms with Gasteiger partial charge in [0.05, 0.1) is 11.6 Å². The quantitative estimate of drug-likeness (QED) is 0.650. The first-order valence-electron chi connectivity index (χ1n) is 4.64. The van der Waals surface area contributed by atoms with E-state index < -0.39 is 19.1 Å². The average Bonchev–Trinajstić information content (AvgIpc) is 2.13. The molecule has 0 amide bonds. The summed E-state index contributed by atoms with van der Waals surface area (Å²) in [7, 11) is -6.00. The molecule has 1 aromatic heterocycles. The van der Waals surface area contributed by atoms with E-state index in [0.717, 1.165) is 5.56 Å². The minimum Gasteiger partial charge on any atom is -0.481 e. The summed E-state index contributed by atoms with van der Waals surface area (Å²) in [6, 6.07) is 3.64. The lowest BCUT2D eigenvalue weighted by Gasteiger charge is -2.04. The molecule has 1 unspecified atom stereocenters. The topological polar surface area (TPSA) is 50.2 Å². The van der Waals surface area contributed by atoms with Crippen LogP contribution in [-0.4, -0.2) is 23.3 Å². The van der Waals surface area contributed by atoms with Crippen molar-refractivity contribution in [1.29, 1.82) is 0 Å². The van der Waals surface area contributed by atoms with Crippen LogP contribution in [0.2, 0.25) is 0 Å². The lowest BCUT2D eigenvalue weighted by molar-refractivity contribution is -0.138. The zero-order valence-electron chi connectivity index (χ0n) is 9.20. The smallest absolute Gasteiger partial charge is 0.481 e. The van der Waals surface area contributed by atoms with E-state index in [1.165, 1.54) is 0 Å². The summed E-state index contributed by atoms with van der Waals surface area (Å²) in [6.07, 6.45) is 1.63. The second-order valence-electron chi connectivity index (χ2n) is 3.31. The number of nitrogens with zero attached hydrogens (tertiary/aromatic N) is 1. The molecule has 0 aliphatic rings. The molecule has 3 nitrogen and oxygen atoms in total. The maximum Gasteiger partial charge on any atom is 0.673 e. The molecule has 1 rings (SSSR count). The van der Waals surface area contributed by atoms with Gasteiger partial charge in [-0.25, -0.2) is 0 Å². The van der Waals surface area contributed by atoms with Crippen molar-refractivity contribution in [3.63, 3.8) is 0 Å². The number of aliphatic carboxylic acids is 1. The predicted molar refractivity (Wildman–Crippen MR) is 55.2 cm³/mol. The summed E-state index contributed by atoms with van der Waals surface area (Å²) in [5, 5.41) is 8.69. The van der Waals surface area contributed by atoms with E-state index >= 15 is 0 Å². The van der Waals surface area contributed by atoms with E-state index in [0.29, 0.717) is 5.69 Å². The summed E-state index contributed by atoms with van der Waals surface area (Å²) in [4.78, 5) is 14.6. The van der Waals surface area contributed by atoms with Crippen molar-refractivity contribution in [2.45, 2.75) is 19.8 Å². The molecular formula is C9H11BF4NO2-. The molecule has 0 bridgehead atoms. The van der Waals surface area contributed by atoms with E-state index in [-0.39, 0.29) is 0 Å². The maximum atomic E-state index is 10.6. The number of carboxylic acid groups (broad SMARTS) is 1.